The van der Waals surface area contributed by atoms with Crippen LogP contribution < -0.4 is 14.9 Å². The van der Waals surface area contributed by atoms with Crippen molar-refractivity contribution in [2.24, 2.45) is 5.10 Å². The lowest BCUT2D eigenvalue weighted by Gasteiger charge is -2.07. The molecule has 0 aliphatic heterocycles. The van der Waals surface area contributed by atoms with Crippen LogP contribution in [-0.4, -0.2) is 38.9 Å². The summed E-state index contributed by atoms with van der Waals surface area (Å²) in [5, 5.41) is 3.93. The largest absolute Gasteiger partial charge is 0.496 e. The van der Waals surface area contributed by atoms with Crippen LogP contribution in [-0.2, 0) is 9.53 Å². The predicted molar refractivity (Wildman–Crippen MR) is 99.7 cm³/mol. The molecule has 8 heteroatoms. The van der Waals surface area contributed by atoms with E-state index in [1.807, 2.05) is 0 Å². The van der Waals surface area contributed by atoms with Crippen LogP contribution in [0.15, 0.2) is 52.0 Å². The number of halogens is 1. The van der Waals surface area contributed by atoms with Gasteiger partial charge in [-0.3, -0.25) is 4.79 Å². The minimum Gasteiger partial charge on any atom is -0.496 e. The number of methoxy groups -OCH3 is 2. The summed E-state index contributed by atoms with van der Waals surface area (Å²) in [6, 6.07) is 12.0. The summed E-state index contributed by atoms with van der Waals surface area (Å²) in [4.78, 5) is 23.3. The predicted octanol–water partition coefficient (Wildman–Crippen LogP) is 2.77. The fourth-order valence-electron chi connectivity index (χ4n) is 1.97. The van der Waals surface area contributed by atoms with Crippen molar-refractivity contribution in [1.29, 1.82) is 0 Å². The highest BCUT2D eigenvalue weighted by Crippen LogP contribution is 2.22. The topological polar surface area (TPSA) is 86.2 Å². The molecule has 0 aliphatic carbocycles. The Balaban J connectivity index is 2.01. The SMILES string of the molecule is COC(=O)COc1cccc(/C=N\NC(=O)c2cc(Br)ccc2OC)c1. The molecule has 0 atom stereocenters. The van der Waals surface area contributed by atoms with Crippen molar-refractivity contribution in [3.05, 3.63) is 58.1 Å². The second kappa shape index (κ2) is 9.57. The van der Waals surface area contributed by atoms with Crippen molar-refractivity contribution in [3.63, 3.8) is 0 Å². The summed E-state index contributed by atoms with van der Waals surface area (Å²) in [7, 11) is 2.78. The third kappa shape index (κ3) is 5.59. The number of benzene rings is 2. The highest BCUT2D eigenvalue weighted by Gasteiger charge is 2.12. The maximum absolute atomic E-state index is 12.2. The number of amides is 1. The van der Waals surface area contributed by atoms with Crippen molar-refractivity contribution in [3.8, 4) is 11.5 Å². The smallest absolute Gasteiger partial charge is 0.343 e. The minimum atomic E-state index is -0.473. The van der Waals surface area contributed by atoms with E-state index < -0.39 is 11.9 Å². The first-order chi connectivity index (χ1) is 12.5. The van der Waals surface area contributed by atoms with Crippen LogP contribution in [0.3, 0.4) is 0 Å². The molecule has 7 nitrogen and oxygen atoms in total. The first-order valence-electron chi connectivity index (χ1n) is 7.50. The molecular formula is C18H17BrN2O5. The molecule has 2 aromatic carbocycles. The average molecular weight is 421 g/mol. The summed E-state index contributed by atoms with van der Waals surface area (Å²) < 4.78 is 15.7. The number of carbonyl (C=O) groups is 2. The standard InChI is InChI=1S/C18H17BrN2O5/c1-24-16-7-6-13(19)9-15(16)18(23)21-20-10-12-4-3-5-14(8-12)26-11-17(22)25-2/h3-10H,11H2,1-2H3,(H,21,23)/b20-10-. The molecule has 0 saturated carbocycles. The van der Waals surface area contributed by atoms with Gasteiger partial charge in [0.05, 0.1) is 26.0 Å². The van der Waals surface area contributed by atoms with Gasteiger partial charge < -0.3 is 14.2 Å². The van der Waals surface area contributed by atoms with Crippen LogP contribution in [0.5, 0.6) is 11.5 Å². The molecule has 0 bridgehead atoms. The number of hydrogen-bond acceptors (Lipinski definition) is 6. The van der Waals surface area contributed by atoms with Crippen molar-refractivity contribution in [1.82, 2.24) is 5.43 Å². The maximum atomic E-state index is 12.2. The number of carbonyl (C=O) groups excluding carboxylic acids is 2. The lowest BCUT2D eigenvalue weighted by molar-refractivity contribution is -0.142. The molecule has 0 heterocycles. The van der Waals surface area contributed by atoms with Crippen LogP contribution >= 0.6 is 15.9 Å². The molecule has 0 radical (unpaired) electrons. The molecule has 2 aromatic rings. The number of hydrogen-bond donors (Lipinski definition) is 1. The summed E-state index contributed by atoms with van der Waals surface area (Å²) in [6.07, 6.45) is 1.47. The summed E-state index contributed by atoms with van der Waals surface area (Å²) in [5.74, 6) is 0.0511. The zero-order valence-electron chi connectivity index (χ0n) is 14.2. The first-order valence-corrected chi connectivity index (χ1v) is 8.29. The maximum Gasteiger partial charge on any atom is 0.343 e. The van der Waals surface area contributed by atoms with E-state index in [2.05, 4.69) is 31.2 Å². The van der Waals surface area contributed by atoms with Gasteiger partial charge in [0.15, 0.2) is 6.61 Å². The zero-order valence-corrected chi connectivity index (χ0v) is 15.8. The third-order valence-corrected chi connectivity index (χ3v) is 3.72. The van der Waals surface area contributed by atoms with E-state index in [4.69, 9.17) is 9.47 Å². The molecule has 1 amide bonds. The van der Waals surface area contributed by atoms with E-state index in [1.165, 1.54) is 20.4 Å². The molecule has 0 fully saturated rings. The van der Waals surface area contributed by atoms with Crippen molar-refractivity contribution < 1.29 is 23.8 Å². The second-order valence-corrected chi connectivity index (χ2v) is 5.90. The van der Waals surface area contributed by atoms with Crippen molar-refractivity contribution in [2.75, 3.05) is 20.8 Å². The number of ether oxygens (including phenoxy) is 3. The van der Waals surface area contributed by atoms with E-state index in [-0.39, 0.29) is 6.61 Å². The normalized spacial score (nSPS) is 10.4. The minimum absolute atomic E-state index is 0.184. The third-order valence-electron chi connectivity index (χ3n) is 3.23. The Labute approximate surface area is 159 Å². The molecule has 1 N–H and O–H groups in total. The summed E-state index contributed by atoms with van der Waals surface area (Å²) in [6.45, 7) is -0.184. The molecule has 0 unspecified atom stereocenters. The highest BCUT2D eigenvalue weighted by atomic mass is 79.9. The summed E-state index contributed by atoms with van der Waals surface area (Å²) >= 11 is 3.32. The van der Waals surface area contributed by atoms with Gasteiger partial charge in [-0.2, -0.15) is 5.10 Å². The number of nitrogens with zero attached hydrogens (tertiary/aromatic N) is 1. The molecule has 2 rings (SSSR count). The van der Waals surface area contributed by atoms with Gasteiger partial charge in [0.2, 0.25) is 0 Å². The fourth-order valence-corrected chi connectivity index (χ4v) is 2.33. The van der Waals surface area contributed by atoms with Crippen molar-refractivity contribution in [2.45, 2.75) is 0 Å². The van der Waals surface area contributed by atoms with Crippen LogP contribution in [0.25, 0.3) is 0 Å². The van der Waals surface area contributed by atoms with Crippen LogP contribution in [0.1, 0.15) is 15.9 Å². The van der Waals surface area contributed by atoms with Gasteiger partial charge in [-0.05, 0) is 35.9 Å². The number of rotatable bonds is 7. The van der Waals surface area contributed by atoms with Gasteiger partial charge in [-0.25, -0.2) is 10.2 Å². The first kappa shape index (κ1) is 19.5. The average Bonchev–Trinajstić information content (AvgIpc) is 2.66. The highest BCUT2D eigenvalue weighted by molar-refractivity contribution is 9.10. The van der Waals surface area contributed by atoms with E-state index in [0.717, 1.165) is 4.47 Å². The molecule has 0 saturated heterocycles. The second-order valence-electron chi connectivity index (χ2n) is 4.98. The van der Waals surface area contributed by atoms with Crippen LogP contribution in [0, 0.1) is 0 Å². The lowest BCUT2D eigenvalue weighted by Crippen LogP contribution is -2.18. The van der Waals surface area contributed by atoms with Crippen molar-refractivity contribution >= 4 is 34.0 Å². The Kier molecular flexibility index (Phi) is 7.16. The fraction of sp³-hybridized carbons (Fsp3) is 0.167. The van der Waals surface area contributed by atoms with Crippen LogP contribution in [0.2, 0.25) is 0 Å². The molecule has 0 spiro atoms. The van der Waals surface area contributed by atoms with E-state index in [1.54, 1.807) is 42.5 Å². The number of nitrogens with one attached hydrogen (secondary N) is 1. The Morgan fingerprint density at radius 3 is 2.73 bits per heavy atom. The summed E-state index contributed by atoms with van der Waals surface area (Å²) in [5.41, 5.74) is 3.49. The van der Waals surface area contributed by atoms with Gasteiger partial charge in [0, 0.05) is 4.47 Å². The van der Waals surface area contributed by atoms with Gasteiger partial charge in [-0.1, -0.05) is 28.1 Å². The molecule has 0 aromatic heterocycles. The molecule has 26 heavy (non-hydrogen) atoms. The number of esters is 1. The van der Waals surface area contributed by atoms with Gasteiger partial charge in [0.1, 0.15) is 11.5 Å². The Hall–Kier alpha value is -2.87. The molecular weight excluding hydrogens is 404 g/mol. The monoisotopic (exact) mass is 420 g/mol. The van der Waals surface area contributed by atoms with Gasteiger partial charge in [-0.15, -0.1) is 0 Å². The molecule has 0 aliphatic rings. The Morgan fingerprint density at radius 1 is 1.19 bits per heavy atom. The lowest BCUT2D eigenvalue weighted by atomic mass is 10.2. The molecule has 136 valence electrons. The zero-order chi connectivity index (χ0) is 18.9. The van der Waals surface area contributed by atoms with E-state index in [0.29, 0.717) is 22.6 Å². The quantitative estimate of drug-likeness (QED) is 0.422. The van der Waals surface area contributed by atoms with E-state index >= 15 is 0 Å². The van der Waals surface area contributed by atoms with Gasteiger partial charge >= 0.3 is 5.97 Å². The van der Waals surface area contributed by atoms with Gasteiger partial charge in [0.25, 0.3) is 5.91 Å². The van der Waals surface area contributed by atoms with E-state index in [9.17, 15) is 9.59 Å². The number of hydrazone groups is 1. The Bertz CT molecular complexity index is 823. The van der Waals surface area contributed by atoms with Crippen LogP contribution in [0.4, 0.5) is 0 Å². The Morgan fingerprint density at radius 2 is 2.00 bits per heavy atom.